The molecule has 1 aliphatic rings. The van der Waals surface area contributed by atoms with Crippen molar-refractivity contribution in [3.8, 4) is 0 Å². The molecule has 0 aromatic heterocycles. The van der Waals surface area contributed by atoms with E-state index in [2.05, 4.69) is 84.8 Å². The van der Waals surface area contributed by atoms with Crippen LogP contribution in [0.4, 0.5) is 0 Å². The van der Waals surface area contributed by atoms with Crippen molar-refractivity contribution in [1.82, 2.24) is 4.90 Å². The summed E-state index contributed by atoms with van der Waals surface area (Å²) in [6, 6.07) is 9.79. The molecule has 3 atom stereocenters. The predicted molar refractivity (Wildman–Crippen MR) is 137 cm³/mol. The van der Waals surface area contributed by atoms with Gasteiger partial charge in [-0.25, -0.2) is 0 Å². The van der Waals surface area contributed by atoms with Gasteiger partial charge in [-0.3, -0.25) is 9.69 Å². The molecule has 0 radical (unpaired) electrons. The number of carbonyl (C=O) groups is 1. The van der Waals surface area contributed by atoms with E-state index in [1.165, 1.54) is 12.7 Å². The molecule has 32 heavy (non-hydrogen) atoms. The van der Waals surface area contributed by atoms with Crippen LogP contribution in [0.15, 0.2) is 30.3 Å². The molecule has 0 saturated carbocycles. The van der Waals surface area contributed by atoms with Crippen molar-refractivity contribution >= 4 is 22.6 Å². The van der Waals surface area contributed by atoms with E-state index in [0.717, 1.165) is 0 Å². The average Bonchev–Trinajstić information content (AvgIpc) is 2.95. The largest absolute Gasteiger partial charge is 0.468 e. The van der Waals surface area contributed by atoms with Crippen LogP contribution in [-0.2, 0) is 24.9 Å². The van der Waals surface area contributed by atoms with Crippen LogP contribution in [0.5, 0.6) is 0 Å². The Balaban J connectivity index is 2.47. The van der Waals surface area contributed by atoms with Gasteiger partial charge in [-0.05, 0) is 41.8 Å². The zero-order chi connectivity index (χ0) is 24.5. The molecule has 2 rings (SSSR count). The van der Waals surface area contributed by atoms with Crippen LogP contribution in [0.1, 0.15) is 47.1 Å². The molecule has 1 fully saturated rings. The number of likely N-dealkylation sites (tertiary alicyclic amines) is 1. The molecule has 182 valence electrons. The lowest BCUT2D eigenvalue weighted by Gasteiger charge is -2.43. The Hall–Kier alpha value is -0.996. The van der Waals surface area contributed by atoms with Gasteiger partial charge in [0.2, 0.25) is 0 Å². The molecule has 0 aliphatic carbocycles. The Morgan fingerprint density at radius 2 is 1.44 bits per heavy atom. The van der Waals surface area contributed by atoms with E-state index in [1.54, 1.807) is 0 Å². The number of hydrogen-bond acceptors (Lipinski definition) is 5. The lowest BCUT2D eigenvalue weighted by atomic mass is 10.1. The Morgan fingerprint density at radius 3 is 1.91 bits per heavy atom. The van der Waals surface area contributed by atoms with Crippen molar-refractivity contribution in [2.75, 3.05) is 13.7 Å². The number of ether oxygens (including phenoxy) is 1. The van der Waals surface area contributed by atoms with E-state index in [9.17, 15) is 4.79 Å². The molecule has 1 aliphatic heterocycles. The molecule has 0 amide bonds. The zero-order valence-corrected chi connectivity index (χ0v) is 24.1. The van der Waals surface area contributed by atoms with Gasteiger partial charge in [-0.2, -0.15) is 0 Å². The summed E-state index contributed by atoms with van der Waals surface area (Å²) in [6.45, 7) is 23.8. The summed E-state index contributed by atoms with van der Waals surface area (Å²) in [5.41, 5.74) is 1.17. The molecular formula is C25H45NO4Si2. The summed E-state index contributed by atoms with van der Waals surface area (Å²) in [6.07, 6.45) is -0.515. The minimum absolute atomic E-state index is 0.0298. The highest BCUT2D eigenvalue weighted by Gasteiger charge is 2.54. The quantitative estimate of drug-likeness (QED) is 0.364. The maximum atomic E-state index is 13.1. The second-order valence-electron chi connectivity index (χ2n) is 12.1. The minimum atomic E-state index is -2.15. The number of carbonyl (C=O) groups excluding carboxylic acids is 1. The normalized spacial score (nSPS) is 23.4. The first-order valence-corrected chi connectivity index (χ1v) is 17.5. The second-order valence-corrected chi connectivity index (χ2v) is 21.7. The predicted octanol–water partition coefficient (Wildman–Crippen LogP) is 5.82. The van der Waals surface area contributed by atoms with Crippen molar-refractivity contribution in [1.29, 1.82) is 0 Å². The molecule has 1 heterocycles. The van der Waals surface area contributed by atoms with Gasteiger partial charge in [-0.1, -0.05) is 71.9 Å². The number of methoxy groups -OCH3 is 1. The standard InChI is InChI=1S/C25H45NO4Si2/c1-24(2,3)31(8,9)29-20-18-26(17-19-15-13-12-14-16-19)21(23(27)28-7)22(20)30-32(10,11)25(4,5)6/h12-16,20-22H,17-18H2,1-11H3/t20-,21-,22+/m0/s1. The average molecular weight is 480 g/mol. The summed E-state index contributed by atoms with van der Waals surface area (Å²) in [7, 11) is -2.76. The molecule has 0 spiro atoms. The minimum Gasteiger partial charge on any atom is -0.468 e. The number of esters is 1. The van der Waals surface area contributed by atoms with Gasteiger partial charge < -0.3 is 13.6 Å². The molecule has 1 aromatic carbocycles. The maximum absolute atomic E-state index is 13.1. The molecule has 7 heteroatoms. The molecule has 0 N–H and O–H groups in total. The fraction of sp³-hybridized carbons (Fsp3) is 0.720. The zero-order valence-electron chi connectivity index (χ0n) is 22.1. The van der Waals surface area contributed by atoms with Gasteiger partial charge in [-0.15, -0.1) is 0 Å². The SMILES string of the molecule is COC(=O)[C@@H]1[C@H](O[Si](C)(C)C(C)(C)C)[C@@H](O[Si](C)(C)C(C)(C)C)CN1Cc1ccccc1. The first kappa shape index (κ1) is 27.2. The number of hydrogen-bond donors (Lipinski definition) is 0. The first-order chi connectivity index (χ1) is 14.5. The van der Waals surface area contributed by atoms with E-state index in [0.29, 0.717) is 13.1 Å². The van der Waals surface area contributed by atoms with Crippen LogP contribution < -0.4 is 0 Å². The highest BCUT2D eigenvalue weighted by molar-refractivity contribution is 6.74. The van der Waals surface area contributed by atoms with E-state index in [4.69, 9.17) is 13.6 Å². The maximum Gasteiger partial charge on any atom is 0.325 e. The van der Waals surface area contributed by atoms with Gasteiger partial charge in [0.1, 0.15) is 6.04 Å². The van der Waals surface area contributed by atoms with Crippen LogP contribution in [0.25, 0.3) is 0 Å². The van der Waals surface area contributed by atoms with Gasteiger partial charge in [0.15, 0.2) is 16.6 Å². The lowest BCUT2D eigenvalue weighted by molar-refractivity contribution is -0.149. The Morgan fingerprint density at radius 1 is 0.938 bits per heavy atom. The number of benzene rings is 1. The van der Waals surface area contributed by atoms with Crippen LogP contribution in [0, 0.1) is 0 Å². The van der Waals surface area contributed by atoms with Crippen molar-refractivity contribution in [3.05, 3.63) is 35.9 Å². The third kappa shape index (κ3) is 6.11. The lowest BCUT2D eigenvalue weighted by Crippen LogP contribution is -2.54. The molecule has 1 aromatic rings. The van der Waals surface area contributed by atoms with E-state index in [1.807, 2.05) is 18.2 Å². The topological polar surface area (TPSA) is 48.0 Å². The smallest absolute Gasteiger partial charge is 0.325 e. The second kappa shape index (κ2) is 9.70. The van der Waals surface area contributed by atoms with Gasteiger partial charge in [0.05, 0.1) is 19.3 Å². The third-order valence-electron chi connectivity index (χ3n) is 7.65. The summed E-state index contributed by atoms with van der Waals surface area (Å²) in [4.78, 5) is 15.3. The van der Waals surface area contributed by atoms with Gasteiger partial charge in [0, 0.05) is 13.1 Å². The molecule has 1 saturated heterocycles. The van der Waals surface area contributed by atoms with Crippen molar-refractivity contribution in [2.24, 2.45) is 0 Å². The molecule has 0 unspecified atom stereocenters. The van der Waals surface area contributed by atoms with Crippen molar-refractivity contribution in [3.63, 3.8) is 0 Å². The molecule has 5 nitrogen and oxygen atoms in total. The highest BCUT2D eigenvalue weighted by atomic mass is 28.4. The van der Waals surface area contributed by atoms with Gasteiger partial charge >= 0.3 is 5.97 Å². The van der Waals surface area contributed by atoms with Crippen LogP contribution in [0.3, 0.4) is 0 Å². The van der Waals surface area contributed by atoms with Crippen LogP contribution in [-0.4, -0.2) is 59.4 Å². The summed E-state index contributed by atoms with van der Waals surface area (Å²) < 4.78 is 19.1. The highest BCUT2D eigenvalue weighted by Crippen LogP contribution is 2.43. The Labute approximate surface area is 198 Å². The van der Waals surface area contributed by atoms with Crippen molar-refractivity contribution in [2.45, 2.75) is 103 Å². The van der Waals surface area contributed by atoms with E-state index >= 15 is 0 Å². The summed E-state index contributed by atoms with van der Waals surface area (Å²) in [5.74, 6) is -0.244. The molecular weight excluding hydrogens is 434 g/mol. The fourth-order valence-corrected chi connectivity index (χ4v) is 6.20. The van der Waals surface area contributed by atoms with Crippen molar-refractivity contribution < 1.29 is 18.4 Å². The van der Waals surface area contributed by atoms with E-state index < -0.39 is 22.7 Å². The number of rotatable bonds is 7. The Kier molecular flexibility index (Phi) is 8.26. The fourth-order valence-electron chi connectivity index (χ4n) is 3.56. The number of nitrogens with zero attached hydrogens (tertiary/aromatic N) is 1. The van der Waals surface area contributed by atoms with Gasteiger partial charge in [0.25, 0.3) is 0 Å². The molecule has 0 bridgehead atoms. The van der Waals surface area contributed by atoms with Crippen LogP contribution in [0.2, 0.25) is 36.3 Å². The monoisotopic (exact) mass is 479 g/mol. The van der Waals surface area contributed by atoms with E-state index in [-0.39, 0.29) is 28.3 Å². The Bertz CT molecular complexity index is 768. The summed E-state index contributed by atoms with van der Waals surface area (Å²) >= 11 is 0. The first-order valence-electron chi connectivity index (χ1n) is 11.7. The summed E-state index contributed by atoms with van der Waals surface area (Å²) in [5, 5.41) is 0.101. The van der Waals surface area contributed by atoms with Crippen LogP contribution >= 0.6 is 0 Å². The third-order valence-corrected chi connectivity index (χ3v) is 16.6.